The van der Waals surface area contributed by atoms with E-state index in [-0.39, 0.29) is 18.9 Å². The number of phosphoric acid groups is 1. The molecule has 0 aromatic rings. The van der Waals surface area contributed by atoms with Gasteiger partial charge in [0.1, 0.15) is 0 Å². The summed E-state index contributed by atoms with van der Waals surface area (Å²) in [7, 11) is -4.72. The van der Waals surface area contributed by atoms with E-state index in [0.29, 0.717) is 12.3 Å². The Balaban J connectivity index is -0.000000405. The lowest BCUT2D eigenvalue weighted by molar-refractivity contribution is -0.341. The summed E-state index contributed by atoms with van der Waals surface area (Å²) in [5.74, 6) is 0.353. The van der Waals surface area contributed by atoms with Gasteiger partial charge in [0.05, 0.1) is 14.4 Å². The molecular formula is C5H19N2O4P. The topological polar surface area (TPSA) is 145 Å². The molecule has 0 bridgehead atoms. The largest absolute Gasteiger partial charge is 0.790 e. The molecule has 0 aliphatic rings. The fraction of sp³-hybridized carbons (Fsp3) is 1.00. The van der Waals surface area contributed by atoms with Gasteiger partial charge in [0.25, 0.3) is 0 Å². The monoisotopic (exact) mass is 202 g/mol. The lowest BCUT2D eigenvalue weighted by atomic mass is 10.2. The molecule has 0 saturated carbocycles. The lowest BCUT2D eigenvalue weighted by Gasteiger charge is -2.28. The zero-order chi connectivity index (χ0) is 8.20. The van der Waals surface area contributed by atoms with Crippen LogP contribution in [0.4, 0.5) is 0 Å². The highest BCUT2D eigenvalue weighted by atomic mass is 31.2. The SMILES string of the molecule is CC(C)CCOP(=O)([O-])[O-].[NH4+].[NH4+]. The van der Waals surface area contributed by atoms with E-state index in [1.165, 1.54) is 0 Å². The second-order valence-electron chi connectivity index (χ2n) is 2.46. The fourth-order valence-electron chi connectivity index (χ4n) is 0.400. The Hall–Kier alpha value is 0.0300. The highest BCUT2D eigenvalue weighted by Gasteiger charge is 1.94. The van der Waals surface area contributed by atoms with Crippen LogP contribution in [-0.2, 0) is 9.09 Å². The summed E-state index contributed by atoms with van der Waals surface area (Å²) in [4.78, 5) is 19.7. The van der Waals surface area contributed by atoms with Crippen LogP contribution < -0.4 is 22.1 Å². The van der Waals surface area contributed by atoms with E-state index >= 15 is 0 Å². The Morgan fingerprint density at radius 1 is 1.33 bits per heavy atom. The smallest absolute Gasteiger partial charge is 0.0596 e. The summed E-state index contributed by atoms with van der Waals surface area (Å²) in [5.41, 5.74) is 0. The molecule has 0 aliphatic carbocycles. The molecule has 0 atom stereocenters. The minimum absolute atomic E-state index is 0. The number of phosphoric ester groups is 1. The first kappa shape index (κ1) is 17.9. The van der Waals surface area contributed by atoms with Crippen molar-refractivity contribution >= 4 is 7.82 Å². The van der Waals surface area contributed by atoms with E-state index < -0.39 is 7.82 Å². The third-order valence-electron chi connectivity index (χ3n) is 0.945. The van der Waals surface area contributed by atoms with Crippen LogP contribution in [0.3, 0.4) is 0 Å². The van der Waals surface area contributed by atoms with Crippen LogP contribution >= 0.6 is 7.82 Å². The van der Waals surface area contributed by atoms with Gasteiger partial charge in [-0.15, -0.1) is 0 Å². The molecule has 0 spiro atoms. The van der Waals surface area contributed by atoms with Gasteiger partial charge < -0.3 is 31.2 Å². The lowest BCUT2D eigenvalue weighted by Crippen LogP contribution is -2.17. The van der Waals surface area contributed by atoms with Crippen molar-refractivity contribution in [1.82, 2.24) is 12.3 Å². The highest BCUT2D eigenvalue weighted by Crippen LogP contribution is 2.24. The third-order valence-corrected chi connectivity index (χ3v) is 1.44. The summed E-state index contributed by atoms with van der Waals surface area (Å²) in [5, 5.41) is 0. The summed E-state index contributed by atoms with van der Waals surface area (Å²) in [6.07, 6.45) is 0.592. The van der Waals surface area contributed by atoms with Gasteiger partial charge in [-0.3, -0.25) is 0 Å². The van der Waals surface area contributed by atoms with E-state index in [1.54, 1.807) is 0 Å². The van der Waals surface area contributed by atoms with Gasteiger partial charge in [0.15, 0.2) is 0 Å². The minimum Gasteiger partial charge on any atom is -0.790 e. The van der Waals surface area contributed by atoms with Gasteiger partial charge >= 0.3 is 0 Å². The van der Waals surface area contributed by atoms with Crippen molar-refractivity contribution in [3.05, 3.63) is 0 Å². The summed E-state index contributed by atoms with van der Waals surface area (Å²) >= 11 is 0. The van der Waals surface area contributed by atoms with Crippen LogP contribution in [0.2, 0.25) is 0 Å². The molecule has 0 radical (unpaired) electrons. The van der Waals surface area contributed by atoms with Gasteiger partial charge in [-0.2, -0.15) is 0 Å². The molecule has 7 heteroatoms. The Labute approximate surface area is 72.7 Å². The zero-order valence-electron chi connectivity index (χ0n) is 8.07. The fourth-order valence-corrected chi connectivity index (χ4v) is 0.729. The summed E-state index contributed by atoms with van der Waals surface area (Å²) in [6.45, 7) is 3.84. The molecule has 0 aromatic carbocycles. The van der Waals surface area contributed by atoms with E-state index in [1.807, 2.05) is 13.8 Å². The average Bonchev–Trinajstić information content (AvgIpc) is 1.59. The second kappa shape index (κ2) is 7.67. The average molecular weight is 202 g/mol. The van der Waals surface area contributed by atoms with Crippen LogP contribution in [0.25, 0.3) is 0 Å². The van der Waals surface area contributed by atoms with E-state index in [4.69, 9.17) is 0 Å². The van der Waals surface area contributed by atoms with Crippen molar-refractivity contribution in [3.63, 3.8) is 0 Å². The van der Waals surface area contributed by atoms with Crippen molar-refractivity contribution in [2.24, 2.45) is 5.92 Å². The van der Waals surface area contributed by atoms with Crippen molar-refractivity contribution in [2.45, 2.75) is 20.3 Å². The maximum absolute atomic E-state index is 9.86. The summed E-state index contributed by atoms with van der Waals surface area (Å²) in [6, 6.07) is 0. The van der Waals surface area contributed by atoms with Crippen LogP contribution in [0, 0.1) is 5.92 Å². The molecule has 0 rings (SSSR count). The quantitative estimate of drug-likeness (QED) is 0.643. The first-order chi connectivity index (χ1) is 4.42. The number of quaternary nitrogens is 2. The molecule has 8 N–H and O–H groups in total. The van der Waals surface area contributed by atoms with Gasteiger partial charge in [-0.25, -0.2) is 0 Å². The molecular weight excluding hydrogens is 183 g/mol. The standard InChI is InChI=1S/C5H13O4P.2H3N/c1-5(2)3-4-9-10(6,7)8;;/h5H,3-4H2,1-2H3,(H2,6,7,8);2*1H3. The van der Waals surface area contributed by atoms with Gasteiger partial charge in [-0.05, 0) is 12.3 Å². The van der Waals surface area contributed by atoms with Gasteiger partial charge in [0, 0.05) is 0 Å². The predicted octanol–water partition coefficient (Wildman–Crippen LogP) is 0.630. The van der Waals surface area contributed by atoms with Crippen LogP contribution in [0.15, 0.2) is 0 Å². The number of hydrogen-bond acceptors (Lipinski definition) is 4. The molecule has 0 heterocycles. The molecule has 0 aliphatic heterocycles. The Morgan fingerprint density at radius 3 is 2.00 bits per heavy atom. The molecule has 0 aromatic heterocycles. The van der Waals surface area contributed by atoms with E-state index in [2.05, 4.69) is 4.52 Å². The normalized spacial score (nSPS) is 10.4. The van der Waals surface area contributed by atoms with Gasteiger partial charge in [-0.1, -0.05) is 13.8 Å². The molecule has 0 amide bonds. The predicted molar refractivity (Wildman–Crippen MR) is 45.0 cm³/mol. The number of rotatable bonds is 4. The first-order valence-corrected chi connectivity index (χ1v) is 4.54. The first-order valence-electron chi connectivity index (χ1n) is 3.08. The van der Waals surface area contributed by atoms with Crippen molar-refractivity contribution in [3.8, 4) is 0 Å². The molecule has 12 heavy (non-hydrogen) atoms. The van der Waals surface area contributed by atoms with Crippen LogP contribution in [0.5, 0.6) is 0 Å². The summed E-state index contributed by atoms with van der Waals surface area (Å²) < 4.78 is 13.8. The maximum atomic E-state index is 9.86. The van der Waals surface area contributed by atoms with E-state index in [9.17, 15) is 14.4 Å². The number of hydrogen-bond donors (Lipinski definition) is 2. The molecule has 6 nitrogen and oxygen atoms in total. The zero-order valence-corrected chi connectivity index (χ0v) is 8.97. The Kier molecular flexibility index (Phi) is 11.5. The van der Waals surface area contributed by atoms with E-state index in [0.717, 1.165) is 0 Å². The molecule has 78 valence electrons. The Morgan fingerprint density at radius 2 is 1.75 bits per heavy atom. The maximum Gasteiger partial charge on any atom is 0.0596 e. The van der Waals surface area contributed by atoms with Crippen LogP contribution in [-0.4, -0.2) is 6.61 Å². The Bertz CT molecular complexity index is 135. The minimum atomic E-state index is -4.72. The second-order valence-corrected chi connectivity index (χ2v) is 3.62. The molecule has 0 saturated heterocycles. The molecule has 0 unspecified atom stereocenters. The van der Waals surface area contributed by atoms with Gasteiger partial charge in [0.2, 0.25) is 0 Å². The van der Waals surface area contributed by atoms with Crippen molar-refractivity contribution < 1.29 is 18.9 Å². The third kappa shape index (κ3) is 16.5. The van der Waals surface area contributed by atoms with Crippen LogP contribution in [0.1, 0.15) is 20.3 Å². The highest BCUT2D eigenvalue weighted by molar-refractivity contribution is 7.43. The van der Waals surface area contributed by atoms with Crippen molar-refractivity contribution in [2.75, 3.05) is 6.61 Å². The van der Waals surface area contributed by atoms with Crippen molar-refractivity contribution in [1.29, 1.82) is 0 Å². The molecule has 0 fully saturated rings.